The van der Waals surface area contributed by atoms with E-state index in [1.165, 1.54) is 11.1 Å². The van der Waals surface area contributed by atoms with E-state index in [-0.39, 0.29) is 0 Å². The van der Waals surface area contributed by atoms with Crippen molar-refractivity contribution in [1.29, 1.82) is 0 Å². The largest absolute Gasteiger partial charge is 0.467 e. The van der Waals surface area contributed by atoms with Gasteiger partial charge in [-0.05, 0) is 36.1 Å². The third-order valence-electron chi connectivity index (χ3n) is 3.34. The van der Waals surface area contributed by atoms with Crippen LogP contribution < -0.4 is 5.32 Å². The molecule has 1 heterocycles. The SMILES string of the molecule is CCc1cccc(CC)c1NCC(O)c1ccco1. The van der Waals surface area contributed by atoms with Gasteiger partial charge in [-0.1, -0.05) is 32.0 Å². The van der Waals surface area contributed by atoms with E-state index in [0.717, 1.165) is 18.5 Å². The van der Waals surface area contributed by atoms with E-state index >= 15 is 0 Å². The number of aliphatic hydroxyl groups is 1. The van der Waals surface area contributed by atoms with Gasteiger partial charge in [0.1, 0.15) is 11.9 Å². The lowest BCUT2D eigenvalue weighted by atomic mass is 10.0. The van der Waals surface area contributed by atoms with E-state index < -0.39 is 6.10 Å². The zero-order valence-corrected chi connectivity index (χ0v) is 11.5. The van der Waals surface area contributed by atoms with Gasteiger partial charge < -0.3 is 14.8 Å². The predicted octanol–water partition coefficient (Wildman–Crippen LogP) is 3.55. The molecule has 1 unspecified atom stereocenters. The van der Waals surface area contributed by atoms with Crippen LogP contribution in [0, 0.1) is 0 Å². The van der Waals surface area contributed by atoms with Crippen LogP contribution in [0.2, 0.25) is 0 Å². The monoisotopic (exact) mass is 259 g/mol. The smallest absolute Gasteiger partial charge is 0.134 e. The van der Waals surface area contributed by atoms with Crippen molar-refractivity contribution in [1.82, 2.24) is 0 Å². The van der Waals surface area contributed by atoms with Crippen LogP contribution in [-0.4, -0.2) is 11.7 Å². The van der Waals surface area contributed by atoms with Crippen molar-refractivity contribution in [3.63, 3.8) is 0 Å². The maximum absolute atomic E-state index is 10.0. The molecular formula is C16H21NO2. The molecule has 2 rings (SSSR count). The quantitative estimate of drug-likeness (QED) is 0.834. The summed E-state index contributed by atoms with van der Waals surface area (Å²) in [7, 11) is 0. The molecule has 2 aromatic rings. The van der Waals surface area contributed by atoms with Gasteiger partial charge in [-0.2, -0.15) is 0 Å². The molecule has 0 spiro atoms. The van der Waals surface area contributed by atoms with Crippen LogP contribution >= 0.6 is 0 Å². The molecule has 0 amide bonds. The minimum Gasteiger partial charge on any atom is -0.467 e. The molecule has 0 aliphatic rings. The summed E-state index contributed by atoms with van der Waals surface area (Å²) >= 11 is 0. The van der Waals surface area contributed by atoms with Crippen molar-refractivity contribution >= 4 is 5.69 Å². The van der Waals surface area contributed by atoms with Crippen molar-refractivity contribution < 1.29 is 9.52 Å². The highest BCUT2D eigenvalue weighted by atomic mass is 16.4. The first-order chi connectivity index (χ1) is 9.26. The molecule has 0 saturated heterocycles. The van der Waals surface area contributed by atoms with Gasteiger partial charge in [0.05, 0.1) is 6.26 Å². The maximum atomic E-state index is 10.0. The Kier molecular flexibility index (Phi) is 4.63. The van der Waals surface area contributed by atoms with Gasteiger partial charge in [0.25, 0.3) is 0 Å². The number of furan rings is 1. The molecule has 1 atom stereocenters. The topological polar surface area (TPSA) is 45.4 Å². The first-order valence-corrected chi connectivity index (χ1v) is 6.82. The molecule has 0 fully saturated rings. The number of benzene rings is 1. The molecule has 0 aliphatic carbocycles. The Morgan fingerprint density at radius 3 is 2.32 bits per heavy atom. The van der Waals surface area contributed by atoms with E-state index in [1.807, 2.05) is 0 Å². The number of aryl methyl sites for hydroxylation is 2. The number of hydrogen-bond donors (Lipinski definition) is 2. The van der Waals surface area contributed by atoms with Crippen LogP contribution in [0.25, 0.3) is 0 Å². The lowest BCUT2D eigenvalue weighted by Crippen LogP contribution is -2.14. The average Bonchev–Trinajstić information content (AvgIpc) is 2.98. The second-order valence-electron chi connectivity index (χ2n) is 4.57. The minimum absolute atomic E-state index is 0.456. The molecule has 0 aliphatic heterocycles. The van der Waals surface area contributed by atoms with E-state index in [2.05, 4.69) is 37.4 Å². The van der Waals surface area contributed by atoms with E-state index in [9.17, 15) is 5.11 Å². The standard InChI is InChI=1S/C16H21NO2/c1-3-12-7-5-8-13(4-2)16(12)17-11-14(18)15-9-6-10-19-15/h5-10,14,17-18H,3-4,11H2,1-2H3. The van der Waals surface area contributed by atoms with Crippen molar-refractivity contribution in [2.24, 2.45) is 0 Å². The Morgan fingerprint density at radius 2 is 1.79 bits per heavy atom. The van der Waals surface area contributed by atoms with Crippen LogP contribution in [0.1, 0.15) is 36.8 Å². The third kappa shape index (κ3) is 3.18. The summed E-state index contributed by atoms with van der Waals surface area (Å²) in [5, 5.41) is 13.4. The third-order valence-corrected chi connectivity index (χ3v) is 3.34. The molecule has 3 heteroatoms. The highest BCUT2D eigenvalue weighted by molar-refractivity contribution is 5.58. The van der Waals surface area contributed by atoms with Crippen LogP contribution in [0.5, 0.6) is 0 Å². The Labute approximate surface area is 114 Å². The lowest BCUT2D eigenvalue weighted by molar-refractivity contribution is 0.162. The van der Waals surface area contributed by atoms with Crippen molar-refractivity contribution in [3.8, 4) is 0 Å². The Bertz CT molecular complexity index is 483. The zero-order chi connectivity index (χ0) is 13.7. The Hall–Kier alpha value is -1.74. The van der Waals surface area contributed by atoms with Gasteiger partial charge in [0.15, 0.2) is 0 Å². The van der Waals surface area contributed by atoms with Gasteiger partial charge >= 0.3 is 0 Å². The highest BCUT2D eigenvalue weighted by Gasteiger charge is 2.12. The first kappa shape index (κ1) is 13.7. The van der Waals surface area contributed by atoms with Crippen molar-refractivity contribution in [3.05, 3.63) is 53.5 Å². The molecular weight excluding hydrogens is 238 g/mol. The van der Waals surface area contributed by atoms with Gasteiger partial charge in [-0.25, -0.2) is 0 Å². The minimum atomic E-state index is -0.621. The predicted molar refractivity (Wildman–Crippen MR) is 77.4 cm³/mol. The fourth-order valence-electron chi connectivity index (χ4n) is 2.25. The van der Waals surface area contributed by atoms with Crippen LogP contribution in [0.15, 0.2) is 41.0 Å². The summed E-state index contributed by atoms with van der Waals surface area (Å²) in [6.45, 7) is 4.74. The molecule has 1 aromatic carbocycles. The molecule has 0 radical (unpaired) electrons. The summed E-state index contributed by atoms with van der Waals surface area (Å²) in [6.07, 6.45) is 2.92. The van der Waals surface area contributed by atoms with Crippen molar-refractivity contribution in [2.45, 2.75) is 32.8 Å². The second kappa shape index (κ2) is 6.43. The molecule has 2 N–H and O–H groups in total. The number of aliphatic hydroxyl groups excluding tert-OH is 1. The van der Waals surface area contributed by atoms with Gasteiger partial charge in [-0.15, -0.1) is 0 Å². The molecule has 102 valence electrons. The number of rotatable bonds is 6. The fraction of sp³-hybridized carbons (Fsp3) is 0.375. The lowest BCUT2D eigenvalue weighted by Gasteiger charge is -2.17. The van der Waals surface area contributed by atoms with Crippen LogP contribution in [0.3, 0.4) is 0 Å². The van der Waals surface area contributed by atoms with Gasteiger partial charge in [0, 0.05) is 12.2 Å². The molecule has 0 bridgehead atoms. The fourth-order valence-corrected chi connectivity index (χ4v) is 2.25. The zero-order valence-electron chi connectivity index (χ0n) is 11.5. The second-order valence-corrected chi connectivity index (χ2v) is 4.57. The van der Waals surface area contributed by atoms with E-state index in [4.69, 9.17) is 4.42 Å². The van der Waals surface area contributed by atoms with E-state index in [0.29, 0.717) is 12.3 Å². The highest BCUT2D eigenvalue weighted by Crippen LogP contribution is 2.24. The Balaban J connectivity index is 2.10. The van der Waals surface area contributed by atoms with Crippen LogP contribution in [-0.2, 0) is 12.8 Å². The number of nitrogens with one attached hydrogen (secondary N) is 1. The summed E-state index contributed by atoms with van der Waals surface area (Å²) in [4.78, 5) is 0. The number of anilines is 1. The molecule has 1 aromatic heterocycles. The number of hydrogen-bond acceptors (Lipinski definition) is 3. The van der Waals surface area contributed by atoms with Crippen molar-refractivity contribution in [2.75, 3.05) is 11.9 Å². The Morgan fingerprint density at radius 1 is 1.11 bits per heavy atom. The average molecular weight is 259 g/mol. The molecule has 0 saturated carbocycles. The van der Waals surface area contributed by atoms with Crippen LogP contribution in [0.4, 0.5) is 5.69 Å². The maximum Gasteiger partial charge on any atom is 0.134 e. The van der Waals surface area contributed by atoms with Gasteiger partial charge in [0.2, 0.25) is 0 Å². The summed E-state index contributed by atoms with van der Waals surface area (Å²) in [6, 6.07) is 9.92. The summed E-state index contributed by atoms with van der Waals surface area (Å²) < 4.78 is 5.21. The summed E-state index contributed by atoms with van der Waals surface area (Å²) in [5.41, 5.74) is 3.72. The summed E-state index contributed by atoms with van der Waals surface area (Å²) in [5.74, 6) is 0.597. The first-order valence-electron chi connectivity index (χ1n) is 6.82. The molecule has 3 nitrogen and oxygen atoms in total. The number of para-hydroxylation sites is 1. The normalized spacial score (nSPS) is 12.4. The molecule has 19 heavy (non-hydrogen) atoms. The van der Waals surface area contributed by atoms with Gasteiger partial charge in [-0.3, -0.25) is 0 Å². The van der Waals surface area contributed by atoms with E-state index in [1.54, 1.807) is 18.4 Å².